The monoisotopic (exact) mass is 250 g/mol. The highest BCUT2D eigenvalue weighted by atomic mass is 19.1. The molecule has 1 aromatic rings. The Morgan fingerprint density at radius 2 is 1.83 bits per heavy atom. The lowest BCUT2D eigenvalue weighted by molar-refractivity contribution is 0.0179. The van der Waals surface area contributed by atoms with Crippen molar-refractivity contribution >= 4 is 0 Å². The Hall–Kier alpha value is -0.890. The van der Waals surface area contributed by atoms with E-state index in [4.69, 9.17) is 0 Å². The minimum atomic E-state index is -0.772. The number of halogens is 1. The van der Waals surface area contributed by atoms with Crippen molar-refractivity contribution in [3.63, 3.8) is 0 Å². The zero-order valence-electron chi connectivity index (χ0n) is 11.6. The Kier molecular flexibility index (Phi) is 3.50. The van der Waals surface area contributed by atoms with Gasteiger partial charge in [0.2, 0.25) is 0 Å². The summed E-state index contributed by atoms with van der Waals surface area (Å²) in [5.74, 6) is -0.198. The maximum atomic E-state index is 13.3. The molecule has 1 aliphatic rings. The largest absolute Gasteiger partial charge is 0.385 e. The normalized spacial score (nSPS) is 27.8. The van der Waals surface area contributed by atoms with Crippen molar-refractivity contribution in [1.29, 1.82) is 0 Å². The molecule has 1 atom stereocenters. The van der Waals surface area contributed by atoms with Gasteiger partial charge in [0.1, 0.15) is 5.82 Å². The Labute approximate surface area is 109 Å². The molecule has 0 heterocycles. The number of aliphatic hydroxyl groups is 1. The third kappa shape index (κ3) is 2.74. The van der Waals surface area contributed by atoms with Crippen molar-refractivity contribution in [1.82, 2.24) is 0 Å². The first-order valence-corrected chi connectivity index (χ1v) is 6.81. The van der Waals surface area contributed by atoms with Crippen molar-refractivity contribution < 1.29 is 9.50 Å². The second-order valence-corrected chi connectivity index (χ2v) is 6.51. The lowest BCUT2D eigenvalue weighted by Crippen LogP contribution is -2.25. The molecule has 18 heavy (non-hydrogen) atoms. The van der Waals surface area contributed by atoms with E-state index in [0.717, 1.165) is 37.7 Å². The standard InChI is InChI=1S/C16H23FO/c1-12-11-13(5-6-14(12)17)16(18)8-4-7-15(2,3)9-10-16/h5-6,11,18H,4,7-10H2,1-3H3. The number of hydrogen-bond acceptors (Lipinski definition) is 1. The van der Waals surface area contributed by atoms with Gasteiger partial charge < -0.3 is 5.11 Å². The second kappa shape index (κ2) is 4.65. The van der Waals surface area contributed by atoms with Gasteiger partial charge in [-0.3, -0.25) is 0 Å². The summed E-state index contributed by atoms with van der Waals surface area (Å²) in [7, 11) is 0. The van der Waals surface area contributed by atoms with E-state index >= 15 is 0 Å². The van der Waals surface area contributed by atoms with Gasteiger partial charge in [-0.15, -0.1) is 0 Å². The Morgan fingerprint density at radius 1 is 1.11 bits per heavy atom. The molecule has 1 N–H and O–H groups in total. The molecule has 1 aliphatic carbocycles. The third-order valence-electron chi connectivity index (χ3n) is 4.35. The van der Waals surface area contributed by atoms with Crippen molar-refractivity contribution in [2.45, 2.75) is 58.5 Å². The summed E-state index contributed by atoms with van der Waals surface area (Å²) in [5.41, 5.74) is 1.02. The number of aryl methyl sites for hydroxylation is 1. The summed E-state index contributed by atoms with van der Waals surface area (Å²) in [6.45, 7) is 6.27. The SMILES string of the molecule is Cc1cc(C2(O)CCCC(C)(C)CC2)ccc1F. The molecule has 1 aromatic carbocycles. The Morgan fingerprint density at radius 3 is 2.50 bits per heavy atom. The number of rotatable bonds is 1. The highest BCUT2D eigenvalue weighted by Crippen LogP contribution is 2.42. The predicted molar refractivity (Wildman–Crippen MR) is 71.9 cm³/mol. The Balaban J connectivity index is 2.27. The van der Waals surface area contributed by atoms with E-state index in [9.17, 15) is 9.50 Å². The molecule has 0 aliphatic heterocycles. The van der Waals surface area contributed by atoms with Crippen LogP contribution in [-0.2, 0) is 5.60 Å². The minimum Gasteiger partial charge on any atom is -0.385 e. The average molecular weight is 250 g/mol. The van der Waals surface area contributed by atoms with Crippen LogP contribution in [0, 0.1) is 18.2 Å². The van der Waals surface area contributed by atoms with E-state index < -0.39 is 5.60 Å². The minimum absolute atomic E-state index is 0.198. The summed E-state index contributed by atoms with van der Waals surface area (Å²) in [6.07, 6.45) is 4.74. The lowest BCUT2D eigenvalue weighted by Gasteiger charge is -2.28. The molecule has 1 nitrogen and oxygen atoms in total. The average Bonchev–Trinajstić information content (AvgIpc) is 2.43. The van der Waals surface area contributed by atoms with Crippen LogP contribution in [0.1, 0.15) is 57.1 Å². The summed E-state index contributed by atoms with van der Waals surface area (Å²) in [5, 5.41) is 10.8. The van der Waals surface area contributed by atoms with Gasteiger partial charge in [0.25, 0.3) is 0 Å². The molecule has 1 unspecified atom stereocenters. The third-order valence-corrected chi connectivity index (χ3v) is 4.35. The zero-order valence-corrected chi connectivity index (χ0v) is 11.6. The van der Waals surface area contributed by atoms with Gasteiger partial charge >= 0.3 is 0 Å². The van der Waals surface area contributed by atoms with E-state index in [2.05, 4.69) is 13.8 Å². The van der Waals surface area contributed by atoms with Crippen LogP contribution in [0.4, 0.5) is 4.39 Å². The van der Waals surface area contributed by atoms with E-state index in [-0.39, 0.29) is 5.82 Å². The van der Waals surface area contributed by atoms with Gasteiger partial charge in [0, 0.05) is 0 Å². The first-order valence-electron chi connectivity index (χ1n) is 6.81. The van der Waals surface area contributed by atoms with Crippen LogP contribution in [0.3, 0.4) is 0 Å². The van der Waals surface area contributed by atoms with Gasteiger partial charge in [-0.2, -0.15) is 0 Å². The summed E-state index contributed by atoms with van der Waals surface area (Å²) < 4.78 is 13.3. The summed E-state index contributed by atoms with van der Waals surface area (Å²) in [4.78, 5) is 0. The lowest BCUT2D eigenvalue weighted by atomic mass is 9.82. The van der Waals surface area contributed by atoms with Crippen molar-refractivity contribution in [2.24, 2.45) is 5.41 Å². The predicted octanol–water partition coefficient (Wildman–Crippen LogP) is 4.31. The maximum Gasteiger partial charge on any atom is 0.126 e. The van der Waals surface area contributed by atoms with Crippen LogP contribution < -0.4 is 0 Å². The van der Waals surface area contributed by atoms with Crippen LogP contribution in [0.15, 0.2) is 18.2 Å². The molecule has 2 heteroatoms. The molecule has 0 bridgehead atoms. The summed E-state index contributed by atoms with van der Waals surface area (Å²) in [6, 6.07) is 5.01. The molecule has 100 valence electrons. The van der Waals surface area contributed by atoms with Gasteiger partial charge in [0.15, 0.2) is 0 Å². The zero-order chi connectivity index (χ0) is 13.4. The second-order valence-electron chi connectivity index (χ2n) is 6.51. The molecule has 2 rings (SSSR count). The number of benzene rings is 1. The molecular weight excluding hydrogens is 227 g/mol. The maximum absolute atomic E-state index is 13.3. The quantitative estimate of drug-likeness (QED) is 0.736. The van der Waals surface area contributed by atoms with Crippen LogP contribution in [0.5, 0.6) is 0 Å². The topological polar surface area (TPSA) is 20.2 Å². The fraction of sp³-hybridized carbons (Fsp3) is 0.625. The molecule has 0 aromatic heterocycles. The van der Waals surface area contributed by atoms with Crippen LogP contribution >= 0.6 is 0 Å². The summed E-state index contributed by atoms with van der Waals surface area (Å²) >= 11 is 0. The van der Waals surface area contributed by atoms with E-state index in [1.807, 2.05) is 0 Å². The fourth-order valence-corrected chi connectivity index (χ4v) is 2.88. The highest BCUT2D eigenvalue weighted by Gasteiger charge is 2.35. The van der Waals surface area contributed by atoms with E-state index in [1.165, 1.54) is 6.07 Å². The molecule has 0 amide bonds. The molecule has 1 fully saturated rings. The van der Waals surface area contributed by atoms with Crippen molar-refractivity contribution in [3.05, 3.63) is 35.1 Å². The fourth-order valence-electron chi connectivity index (χ4n) is 2.88. The van der Waals surface area contributed by atoms with Gasteiger partial charge in [-0.1, -0.05) is 26.0 Å². The molecule has 0 spiro atoms. The van der Waals surface area contributed by atoms with E-state index in [0.29, 0.717) is 11.0 Å². The van der Waals surface area contributed by atoms with Crippen molar-refractivity contribution in [2.75, 3.05) is 0 Å². The van der Waals surface area contributed by atoms with Crippen LogP contribution in [0.2, 0.25) is 0 Å². The number of hydrogen-bond donors (Lipinski definition) is 1. The first kappa shape index (κ1) is 13.5. The molecule has 0 radical (unpaired) electrons. The van der Waals surface area contributed by atoms with Crippen molar-refractivity contribution in [3.8, 4) is 0 Å². The van der Waals surface area contributed by atoms with Gasteiger partial charge in [-0.25, -0.2) is 4.39 Å². The van der Waals surface area contributed by atoms with E-state index in [1.54, 1.807) is 19.1 Å². The van der Waals surface area contributed by atoms with Gasteiger partial charge in [-0.05, 0) is 61.6 Å². The van der Waals surface area contributed by atoms with Gasteiger partial charge in [0.05, 0.1) is 5.60 Å². The smallest absolute Gasteiger partial charge is 0.126 e. The highest BCUT2D eigenvalue weighted by molar-refractivity contribution is 5.29. The molecule has 0 saturated heterocycles. The van der Waals surface area contributed by atoms with Crippen LogP contribution in [0.25, 0.3) is 0 Å². The Bertz CT molecular complexity index is 439. The first-order chi connectivity index (χ1) is 8.32. The molecule has 1 saturated carbocycles. The molecular formula is C16H23FO. The van der Waals surface area contributed by atoms with Crippen LogP contribution in [-0.4, -0.2) is 5.11 Å².